The van der Waals surface area contributed by atoms with Crippen LogP contribution in [0.25, 0.3) is 0 Å². The van der Waals surface area contributed by atoms with Crippen LogP contribution in [0.4, 0.5) is 0 Å². The number of hydrogen-bond donors (Lipinski definition) is 0. The number of hydrogen-bond acceptors (Lipinski definition) is 2. The quantitative estimate of drug-likeness (QED) is 0.464. The van der Waals surface area contributed by atoms with Crippen LogP contribution in [0.3, 0.4) is 0 Å². The lowest BCUT2D eigenvalue weighted by Crippen LogP contribution is -2.07. The molecule has 0 saturated heterocycles. The van der Waals surface area contributed by atoms with E-state index in [9.17, 15) is 4.79 Å². The van der Waals surface area contributed by atoms with Crippen molar-refractivity contribution in [3.05, 3.63) is 21.9 Å². The van der Waals surface area contributed by atoms with Crippen LogP contribution in [0.15, 0.2) is 12.1 Å². The second-order valence-corrected chi connectivity index (χ2v) is 7.09. The highest BCUT2D eigenvalue weighted by molar-refractivity contribution is 7.14. The van der Waals surface area contributed by atoms with Crippen molar-refractivity contribution in [1.29, 1.82) is 0 Å². The van der Waals surface area contributed by atoms with Crippen molar-refractivity contribution >= 4 is 17.1 Å². The van der Waals surface area contributed by atoms with Crippen LogP contribution in [0, 0.1) is 0 Å². The van der Waals surface area contributed by atoms with Gasteiger partial charge in [-0.3, -0.25) is 4.79 Å². The summed E-state index contributed by atoms with van der Waals surface area (Å²) in [6.45, 7) is 8.79. The summed E-state index contributed by atoms with van der Waals surface area (Å²) in [5, 5.41) is 0. The number of rotatable bonds is 7. The third-order valence-electron chi connectivity index (χ3n) is 3.13. The SMILES string of the molecule is CCCCCCCC(=O)c1ccc(C(C)(C)C)s1. The topological polar surface area (TPSA) is 17.1 Å². The van der Waals surface area contributed by atoms with E-state index in [0.29, 0.717) is 12.2 Å². The molecule has 1 aromatic rings. The van der Waals surface area contributed by atoms with Gasteiger partial charge in [-0.15, -0.1) is 11.3 Å². The average molecular weight is 266 g/mol. The third-order valence-corrected chi connectivity index (χ3v) is 4.68. The van der Waals surface area contributed by atoms with Gasteiger partial charge in [0.05, 0.1) is 4.88 Å². The van der Waals surface area contributed by atoms with Crippen molar-refractivity contribution in [3.8, 4) is 0 Å². The van der Waals surface area contributed by atoms with Crippen molar-refractivity contribution in [2.75, 3.05) is 0 Å². The van der Waals surface area contributed by atoms with Crippen LogP contribution >= 0.6 is 11.3 Å². The molecule has 0 bridgehead atoms. The Morgan fingerprint density at radius 3 is 2.33 bits per heavy atom. The summed E-state index contributed by atoms with van der Waals surface area (Å²) in [5.41, 5.74) is 0.157. The molecule has 18 heavy (non-hydrogen) atoms. The lowest BCUT2D eigenvalue weighted by atomic mass is 9.95. The summed E-state index contributed by atoms with van der Waals surface area (Å²) in [5.74, 6) is 0.326. The molecular weight excluding hydrogens is 240 g/mol. The predicted molar refractivity (Wildman–Crippen MR) is 80.7 cm³/mol. The van der Waals surface area contributed by atoms with Gasteiger partial charge in [0.1, 0.15) is 0 Å². The second kappa shape index (κ2) is 7.08. The zero-order valence-electron chi connectivity index (χ0n) is 12.2. The largest absolute Gasteiger partial charge is 0.293 e. The molecule has 102 valence electrons. The zero-order chi connectivity index (χ0) is 13.6. The van der Waals surface area contributed by atoms with Gasteiger partial charge in [0.2, 0.25) is 0 Å². The molecule has 0 saturated carbocycles. The van der Waals surface area contributed by atoms with Crippen molar-refractivity contribution in [3.63, 3.8) is 0 Å². The molecule has 0 amide bonds. The lowest BCUT2D eigenvalue weighted by Gasteiger charge is -2.15. The molecule has 0 radical (unpaired) electrons. The molecule has 0 N–H and O–H groups in total. The number of Topliss-reactive ketones (excluding diaryl/α,β-unsaturated/α-hetero) is 1. The molecule has 1 nitrogen and oxygen atoms in total. The first-order chi connectivity index (χ1) is 8.45. The van der Waals surface area contributed by atoms with Gasteiger partial charge in [-0.2, -0.15) is 0 Å². The number of ketones is 1. The standard InChI is InChI=1S/C16H26OS/c1-5-6-7-8-9-10-13(17)14-11-12-15(18-14)16(2,3)4/h11-12H,5-10H2,1-4H3. The van der Waals surface area contributed by atoms with E-state index >= 15 is 0 Å². The van der Waals surface area contributed by atoms with Crippen molar-refractivity contribution in [2.45, 2.75) is 71.6 Å². The van der Waals surface area contributed by atoms with Crippen LogP contribution in [-0.2, 0) is 5.41 Å². The Labute approximate surface area is 116 Å². The van der Waals surface area contributed by atoms with E-state index in [1.165, 1.54) is 30.6 Å². The summed E-state index contributed by atoms with van der Waals surface area (Å²) in [6.07, 6.45) is 6.77. The fourth-order valence-corrected chi connectivity index (χ4v) is 2.93. The van der Waals surface area contributed by atoms with E-state index < -0.39 is 0 Å². The first-order valence-corrected chi connectivity index (χ1v) is 7.90. The van der Waals surface area contributed by atoms with Gasteiger partial charge in [0, 0.05) is 11.3 Å². The average Bonchev–Trinajstić information content (AvgIpc) is 2.77. The minimum absolute atomic E-state index is 0.157. The molecule has 1 rings (SSSR count). The van der Waals surface area contributed by atoms with Gasteiger partial charge < -0.3 is 0 Å². The maximum absolute atomic E-state index is 12.0. The summed E-state index contributed by atoms with van der Waals surface area (Å²) in [7, 11) is 0. The molecule has 1 heterocycles. The van der Waals surface area contributed by atoms with Crippen LogP contribution in [0.5, 0.6) is 0 Å². The van der Waals surface area contributed by atoms with Crippen LogP contribution < -0.4 is 0 Å². The molecule has 1 aromatic heterocycles. The normalized spacial score (nSPS) is 11.8. The van der Waals surface area contributed by atoms with Crippen molar-refractivity contribution < 1.29 is 4.79 Å². The fraction of sp³-hybridized carbons (Fsp3) is 0.688. The van der Waals surface area contributed by atoms with E-state index in [4.69, 9.17) is 0 Å². The highest BCUT2D eigenvalue weighted by Crippen LogP contribution is 2.30. The highest BCUT2D eigenvalue weighted by atomic mass is 32.1. The monoisotopic (exact) mass is 266 g/mol. The highest BCUT2D eigenvalue weighted by Gasteiger charge is 2.18. The summed E-state index contributed by atoms with van der Waals surface area (Å²) in [6, 6.07) is 4.11. The van der Waals surface area contributed by atoms with Crippen molar-refractivity contribution in [1.82, 2.24) is 0 Å². The minimum Gasteiger partial charge on any atom is -0.293 e. The van der Waals surface area contributed by atoms with E-state index in [1.807, 2.05) is 6.07 Å². The number of carbonyl (C=O) groups is 1. The molecule has 0 atom stereocenters. The van der Waals surface area contributed by atoms with E-state index in [1.54, 1.807) is 11.3 Å². The van der Waals surface area contributed by atoms with E-state index in [-0.39, 0.29) is 5.41 Å². The first-order valence-electron chi connectivity index (χ1n) is 7.08. The Morgan fingerprint density at radius 2 is 1.78 bits per heavy atom. The molecule has 2 heteroatoms. The molecule has 0 spiro atoms. The lowest BCUT2D eigenvalue weighted by molar-refractivity contribution is 0.0983. The predicted octanol–water partition coefficient (Wildman–Crippen LogP) is 5.59. The number of thiophene rings is 1. The first kappa shape index (κ1) is 15.4. The molecule has 0 fully saturated rings. The molecule has 0 aromatic carbocycles. The van der Waals surface area contributed by atoms with Crippen LogP contribution in [0.1, 0.15) is 80.8 Å². The van der Waals surface area contributed by atoms with Crippen LogP contribution in [0.2, 0.25) is 0 Å². The zero-order valence-corrected chi connectivity index (χ0v) is 13.0. The summed E-state index contributed by atoms with van der Waals surface area (Å²) < 4.78 is 0. The Bertz CT molecular complexity index is 371. The van der Waals surface area contributed by atoms with Crippen molar-refractivity contribution in [2.24, 2.45) is 0 Å². The van der Waals surface area contributed by atoms with Gasteiger partial charge in [-0.05, 0) is 24.0 Å². The maximum atomic E-state index is 12.0. The smallest absolute Gasteiger partial charge is 0.172 e. The summed E-state index contributed by atoms with van der Waals surface area (Å²) >= 11 is 1.67. The maximum Gasteiger partial charge on any atom is 0.172 e. The van der Waals surface area contributed by atoms with E-state index in [0.717, 1.165) is 11.3 Å². The van der Waals surface area contributed by atoms with Crippen LogP contribution in [-0.4, -0.2) is 5.78 Å². The molecule has 0 unspecified atom stereocenters. The summed E-state index contributed by atoms with van der Waals surface area (Å²) in [4.78, 5) is 14.3. The third kappa shape index (κ3) is 4.93. The Kier molecular flexibility index (Phi) is 6.07. The Hall–Kier alpha value is -0.630. The molecular formula is C16H26OS. The van der Waals surface area contributed by atoms with Gasteiger partial charge >= 0.3 is 0 Å². The fourth-order valence-electron chi connectivity index (χ4n) is 1.90. The minimum atomic E-state index is 0.157. The van der Waals surface area contributed by atoms with Gasteiger partial charge in [0.15, 0.2) is 5.78 Å². The number of unbranched alkanes of at least 4 members (excludes halogenated alkanes) is 4. The van der Waals surface area contributed by atoms with Gasteiger partial charge in [-0.1, -0.05) is 53.4 Å². The Morgan fingerprint density at radius 1 is 1.11 bits per heavy atom. The van der Waals surface area contributed by atoms with Gasteiger partial charge in [0.25, 0.3) is 0 Å². The van der Waals surface area contributed by atoms with Gasteiger partial charge in [-0.25, -0.2) is 0 Å². The molecule has 0 aliphatic carbocycles. The number of carbonyl (C=O) groups excluding carboxylic acids is 1. The van der Waals surface area contributed by atoms with E-state index in [2.05, 4.69) is 33.8 Å². The molecule has 0 aliphatic rings. The Balaban J connectivity index is 2.40. The second-order valence-electron chi connectivity index (χ2n) is 6.00. The molecule has 0 aliphatic heterocycles.